The summed E-state index contributed by atoms with van der Waals surface area (Å²) in [5, 5.41) is 0. The fourth-order valence-corrected chi connectivity index (χ4v) is 2.84. The first-order valence-corrected chi connectivity index (χ1v) is 8.47. The van der Waals surface area contributed by atoms with Crippen LogP contribution < -0.4 is 0 Å². The summed E-state index contributed by atoms with van der Waals surface area (Å²) in [4.78, 5) is 28.6. The van der Waals surface area contributed by atoms with E-state index in [1.54, 1.807) is 0 Å². The molecule has 1 aliphatic rings. The van der Waals surface area contributed by atoms with Crippen molar-refractivity contribution in [3.63, 3.8) is 0 Å². The van der Waals surface area contributed by atoms with Crippen molar-refractivity contribution < 1.29 is 9.59 Å². The smallest absolute Gasteiger partial charge is 0.222 e. The minimum atomic E-state index is 0.162. The fourth-order valence-electron chi connectivity index (χ4n) is 2.84. The third-order valence-corrected chi connectivity index (χ3v) is 4.50. The van der Waals surface area contributed by atoms with Crippen LogP contribution in [0.3, 0.4) is 0 Å². The van der Waals surface area contributed by atoms with Gasteiger partial charge < -0.3 is 4.90 Å². The average Bonchev–Trinajstić information content (AvgIpc) is 2.50. The van der Waals surface area contributed by atoms with Gasteiger partial charge in [-0.3, -0.25) is 14.5 Å². The Labute approximate surface area is 139 Å². The van der Waals surface area contributed by atoms with Crippen LogP contribution in [-0.2, 0) is 4.79 Å². The highest BCUT2D eigenvalue weighted by molar-refractivity contribution is 5.97. The van der Waals surface area contributed by atoms with E-state index in [4.69, 9.17) is 0 Å². The monoisotopic (exact) mass is 316 g/mol. The summed E-state index contributed by atoms with van der Waals surface area (Å²) in [6, 6.07) is 5.89. The molecule has 2 rings (SSSR count). The molecule has 1 aromatic carbocycles. The van der Waals surface area contributed by atoms with Gasteiger partial charge in [-0.05, 0) is 37.0 Å². The Kier molecular flexibility index (Phi) is 5.94. The van der Waals surface area contributed by atoms with Crippen molar-refractivity contribution in [2.75, 3.05) is 32.7 Å². The maximum Gasteiger partial charge on any atom is 0.222 e. The zero-order chi connectivity index (χ0) is 17.0. The zero-order valence-electron chi connectivity index (χ0n) is 14.8. The number of amides is 1. The second-order valence-corrected chi connectivity index (χ2v) is 6.98. The van der Waals surface area contributed by atoms with Crippen molar-refractivity contribution in [3.8, 4) is 0 Å². The SMILES string of the molecule is Cc1ccc(C(=O)CN2CCN(C(=O)CC(C)C)CC2)cc1C. The molecule has 0 N–H and O–H groups in total. The quantitative estimate of drug-likeness (QED) is 0.784. The highest BCUT2D eigenvalue weighted by atomic mass is 16.2. The second kappa shape index (κ2) is 7.73. The third-order valence-electron chi connectivity index (χ3n) is 4.50. The van der Waals surface area contributed by atoms with Crippen LogP contribution in [0, 0.1) is 19.8 Å². The minimum absolute atomic E-state index is 0.162. The molecule has 0 aromatic heterocycles. The molecule has 1 aromatic rings. The Morgan fingerprint density at radius 1 is 1.04 bits per heavy atom. The van der Waals surface area contributed by atoms with Gasteiger partial charge in [-0.25, -0.2) is 0 Å². The highest BCUT2D eigenvalue weighted by Crippen LogP contribution is 2.12. The van der Waals surface area contributed by atoms with E-state index >= 15 is 0 Å². The molecule has 1 fully saturated rings. The molecule has 1 saturated heterocycles. The summed E-state index contributed by atoms with van der Waals surface area (Å²) in [6.07, 6.45) is 0.613. The van der Waals surface area contributed by atoms with Gasteiger partial charge in [0.15, 0.2) is 5.78 Å². The summed E-state index contributed by atoms with van der Waals surface area (Å²) < 4.78 is 0. The van der Waals surface area contributed by atoms with E-state index in [1.165, 1.54) is 5.56 Å². The number of hydrogen-bond acceptors (Lipinski definition) is 3. The maximum absolute atomic E-state index is 12.4. The van der Waals surface area contributed by atoms with Crippen LogP contribution in [0.4, 0.5) is 0 Å². The lowest BCUT2D eigenvalue weighted by Crippen LogP contribution is -2.50. The Morgan fingerprint density at radius 3 is 2.26 bits per heavy atom. The molecule has 126 valence electrons. The molecule has 0 unspecified atom stereocenters. The fraction of sp³-hybridized carbons (Fsp3) is 0.579. The number of piperazine rings is 1. The first-order chi connectivity index (χ1) is 10.9. The van der Waals surface area contributed by atoms with Crippen LogP contribution in [-0.4, -0.2) is 54.2 Å². The van der Waals surface area contributed by atoms with E-state index in [0.29, 0.717) is 18.9 Å². The van der Waals surface area contributed by atoms with Gasteiger partial charge in [0, 0.05) is 38.2 Å². The molecule has 0 saturated carbocycles. The Bertz CT molecular complexity index is 573. The lowest BCUT2D eigenvalue weighted by atomic mass is 10.0. The summed E-state index contributed by atoms with van der Waals surface area (Å²) in [7, 11) is 0. The molecule has 1 aliphatic heterocycles. The van der Waals surface area contributed by atoms with Crippen molar-refractivity contribution in [3.05, 3.63) is 34.9 Å². The van der Waals surface area contributed by atoms with Gasteiger partial charge in [-0.1, -0.05) is 26.0 Å². The molecular formula is C19H28N2O2. The van der Waals surface area contributed by atoms with E-state index < -0.39 is 0 Å². The summed E-state index contributed by atoms with van der Waals surface area (Å²) in [5.41, 5.74) is 3.14. The molecule has 4 nitrogen and oxygen atoms in total. The molecule has 0 radical (unpaired) electrons. The van der Waals surface area contributed by atoms with Crippen molar-refractivity contribution >= 4 is 11.7 Å². The number of nitrogens with zero attached hydrogens (tertiary/aromatic N) is 2. The summed E-state index contributed by atoms with van der Waals surface area (Å²) in [5.74, 6) is 0.794. The van der Waals surface area contributed by atoms with Gasteiger partial charge >= 0.3 is 0 Å². The maximum atomic E-state index is 12.4. The largest absolute Gasteiger partial charge is 0.340 e. The lowest BCUT2D eigenvalue weighted by Gasteiger charge is -2.34. The zero-order valence-corrected chi connectivity index (χ0v) is 14.8. The predicted octanol–water partition coefficient (Wildman–Crippen LogP) is 2.68. The Morgan fingerprint density at radius 2 is 1.70 bits per heavy atom. The van der Waals surface area contributed by atoms with Crippen molar-refractivity contribution in [2.45, 2.75) is 34.1 Å². The van der Waals surface area contributed by atoms with Gasteiger partial charge in [-0.2, -0.15) is 0 Å². The second-order valence-electron chi connectivity index (χ2n) is 6.98. The molecule has 1 amide bonds. The summed E-state index contributed by atoms with van der Waals surface area (Å²) in [6.45, 7) is 11.7. The van der Waals surface area contributed by atoms with Crippen molar-refractivity contribution in [2.24, 2.45) is 5.92 Å². The highest BCUT2D eigenvalue weighted by Gasteiger charge is 2.23. The Balaban J connectivity index is 1.85. The molecule has 0 bridgehead atoms. The number of hydrogen-bond donors (Lipinski definition) is 0. The van der Waals surface area contributed by atoms with Crippen LogP contribution in [0.15, 0.2) is 18.2 Å². The minimum Gasteiger partial charge on any atom is -0.340 e. The third kappa shape index (κ3) is 4.90. The van der Waals surface area contributed by atoms with Crippen LogP contribution >= 0.6 is 0 Å². The Hall–Kier alpha value is -1.68. The number of benzene rings is 1. The molecule has 0 aliphatic carbocycles. The standard InChI is InChI=1S/C19H28N2O2/c1-14(2)11-19(23)21-9-7-20(8-10-21)13-18(22)17-6-5-15(3)16(4)12-17/h5-6,12,14H,7-11,13H2,1-4H3. The number of Topliss-reactive ketones (excluding diaryl/α,β-unsaturated/α-hetero) is 1. The molecule has 0 spiro atoms. The van der Waals surface area contributed by atoms with Gasteiger partial charge in [-0.15, -0.1) is 0 Å². The first-order valence-electron chi connectivity index (χ1n) is 8.47. The van der Waals surface area contributed by atoms with Gasteiger partial charge in [0.2, 0.25) is 5.91 Å². The number of rotatable bonds is 5. The molecular weight excluding hydrogens is 288 g/mol. The topological polar surface area (TPSA) is 40.6 Å². The van der Waals surface area contributed by atoms with E-state index in [1.807, 2.05) is 30.0 Å². The lowest BCUT2D eigenvalue weighted by molar-refractivity contribution is -0.133. The first kappa shape index (κ1) is 17.7. The molecule has 23 heavy (non-hydrogen) atoms. The number of ketones is 1. The van der Waals surface area contributed by atoms with E-state index in [0.717, 1.165) is 37.3 Å². The average molecular weight is 316 g/mol. The van der Waals surface area contributed by atoms with E-state index in [9.17, 15) is 9.59 Å². The van der Waals surface area contributed by atoms with Crippen LogP contribution in [0.25, 0.3) is 0 Å². The van der Waals surface area contributed by atoms with Gasteiger partial charge in [0.1, 0.15) is 0 Å². The molecule has 1 heterocycles. The van der Waals surface area contributed by atoms with E-state index in [-0.39, 0.29) is 11.7 Å². The normalized spacial score (nSPS) is 16.0. The molecule has 0 atom stereocenters. The van der Waals surface area contributed by atoms with Crippen LogP contribution in [0.2, 0.25) is 0 Å². The van der Waals surface area contributed by atoms with Crippen molar-refractivity contribution in [1.29, 1.82) is 0 Å². The molecule has 4 heteroatoms. The van der Waals surface area contributed by atoms with E-state index in [2.05, 4.69) is 25.7 Å². The number of carbonyl (C=O) groups is 2. The predicted molar refractivity (Wildman–Crippen MR) is 92.7 cm³/mol. The van der Waals surface area contributed by atoms with Crippen LogP contribution in [0.5, 0.6) is 0 Å². The van der Waals surface area contributed by atoms with Crippen molar-refractivity contribution in [1.82, 2.24) is 9.80 Å². The number of aryl methyl sites for hydroxylation is 2. The van der Waals surface area contributed by atoms with Gasteiger partial charge in [0.05, 0.1) is 6.54 Å². The summed E-state index contributed by atoms with van der Waals surface area (Å²) >= 11 is 0. The van der Waals surface area contributed by atoms with Crippen LogP contribution in [0.1, 0.15) is 41.8 Å². The van der Waals surface area contributed by atoms with Gasteiger partial charge in [0.25, 0.3) is 0 Å². The number of carbonyl (C=O) groups excluding carboxylic acids is 2.